The average Bonchev–Trinajstić information content (AvgIpc) is 2.74. The van der Waals surface area contributed by atoms with Gasteiger partial charge in [0.2, 0.25) is 5.91 Å². The SMILES string of the molecule is O=C(Nc1cc2c(cc1Br)OCCO2)C1CCCN(c2ncccc2C(F)(F)F)C1. The Balaban J connectivity index is 1.50. The maximum absolute atomic E-state index is 13.4. The Morgan fingerprint density at radius 2 is 1.97 bits per heavy atom. The number of hydrogen-bond acceptors (Lipinski definition) is 5. The van der Waals surface area contributed by atoms with Gasteiger partial charge in [0.05, 0.1) is 17.2 Å². The van der Waals surface area contributed by atoms with Crippen molar-refractivity contribution in [3.8, 4) is 11.5 Å². The molecule has 1 fully saturated rings. The van der Waals surface area contributed by atoms with Gasteiger partial charge in [0, 0.05) is 35.9 Å². The lowest BCUT2D eigenvalue weighted by atomic mass is 9.96. The van der Waals surface area contributed by atoms with E-state index in [2.05, 4.69) is 26.2 Å². The topological polar surface area (TPSA) is 63.7 Å². The average molecular weight is 486 g/mol. The van der Waals surface area contributed by atoms with Crippen LogP contribution in [0.15, 0.2) is 34.9 Å². The summed E-state index contributed by atoms with van der Waals surface area (Å²) in [6, 6.07) is 5.68. The van der Waals surface area contributed by atoms with Gasteiger partial charge in [0.1, 0.15) is 19.0 Å². The number of nitrogens with zero attached hydrogens (tertiary/aromatic N) is 2. The minimum atomic E-state index is -4.51. The molecule has 2 aliphatic rings. The normalized spacial score (nSPS) is 18.8. The van der Waals surface area contributed by atoms with Gasteiger partial charge in [-0.25, -0.2) is 4.98 Å². The third-order valence-corrected chi connectivity index (χ3v) is 5.73. The molecule has 1 amide bonds. The highest BCUT2D eigenvalue weighted by Gasteiger charge is 2.37. The predicted molar refractivity (Wildman–Crippen MR) is 108 cm³/mol. The molecule has 1 saturated heterocycles. The Labute approximate surface area is 179 Å². The van der Waals surface area contributed by atoms with Crippen LogP contribution in [0, 0.1) is 5.92 Å². The molecule has 160 valence electrons. The number of fused-ring (bicyclic) bond motifs is 1. The number of carbonyl (C=O) groups is 1. The first-order chi connectivity index (χ1) is 14.3. The largest absolute Gasteiger partial charge is 0.486 e. The Morgan fingerprint density at radius 1 is 1.23 bits per heavy atom. The number of alkyl halides is 3. The van der Waals surface area contributed by atoms with E-state index >= 15 is 0 Å². The molecular formula is C20H19BrF3N3O3. The smallest absolute Gasteiger partial charge is 0.419 e. The van der Waals surface area contributed by atoms with Crippen LogP contribution in [0.5, 0.6) is 11.5 Å². The number of pyridine rings is 1. The van der Waals surface area contributed by atoms with Gasteiger partial charge in [0.15, 0.2) is 11.5 Å². The van der Waals surface area contributed by atoms with Gasteiger partial charge in [-0.15, -0.1) is 0 Å². The summed E-state index contributed by atoms with van der Waals surface area (Å²) in [5.41, 5.74) is -0.268. The summed E-state index contributed by atoms with van der Waals surface area (Å²) in [6.45, 7) is 1.45. The van der Waals surface area contributed by atoms with Gasteiger partial charge in [-0.3, -0.25) is 4.79 Å². The van der Waals surface area contributed by atoms with E-state index < -0.39 is 17.7 Å². The second kappa shape index (κ2) is 8.33. The van der Waals surface area contributed by atoms with Gasteiger partial charge in [-0.1, -0.05) is 0 Å². The van der Waals surface area contributed by atoms with E-state index in [1.54, 1.807) is 12.1 Å². The van der Waals surface area contributed by atoms with Crippen LogP contribution in [-0.4, -0.2) is 37.2 Å². The van der Waals surface area contributed by atoms with Crippen molar-refractivity contribution in [3.05, 3.63) is 40.5 Å². The van der Waals surface area contributed by atoms with Gasteiger partial charge < -0.3 is 19.7 Å². The molecule has 1 unspecified atom stereocenters. The molecule has 1 N–H and O–H groups in total. The van der Waals surface area contributed by atoms with Gasteiger partial charge in [-0.2, -0.15) is 13.2 Å². The van der Waals surface area contributed by atoms with Crippen LogP contribution >= 0.6 is 15.9 Å². The molecule has 2 aliphatic heterocycles. The predicted octanol–water partition coefficient (Wildman–Crippen LogP) is 4.49. The van der Waals surface area contributed by atoms with Crippen LogP contribution in [0.3, 0.4) is 0 Å². The van der Waals surface area contributed by atoms with Crippen LogP contribution in [0.25, 0.3) is 0 Å². The first-order valence-corrected chi connectivity index (χ1v) is 10.3. The summed E-state index contributed by atoms with van der Waals surface area (Å²) in [4.78, 5) is 18.4. The van der Waals surface area contributed by atoms with E-state index in [9.17, 15) is 18.0 Å². The van der Waals surface area contributed by atoms with Crippen LogP contribution in [0.1, 0.15) is 18.4 Å². The van der Waals surface area contributed by atoms with E-state index in [1.807, 2.05) is 0 Å². The van der Waals surface area contributed by atoms with Crippen molar-refractivity contribution in [3.63, 3.8) is 0 Å². The number of amides is 1. The quantitative estimate of drug-likeness (QED) is 0.693. The number of aromatic nitrogens is 1. The fraction of sp³-hybridized carbons (Fsp3) is 0.400. The summed E-state index contributed by atoms with van der Waals surface area (Å²) in [5, 5.41) is 2.86. The zero-order valence-electron chi connectivity index (χ0n) is 15.8. The Bertz CT molecular complexity index is 955. The molecule has 10 heteroatoms. The lowest BCUT2D eigenvalue weighted by Crippen LogP contribution is -2.42. The molecule has 1 aromatic heterocycles. The van der Waals surface area contributed by atoms with Crippen LogP contribution in [0.4, 0.5) is 24.7 Å². The number of ether oxygens (including phenoxy) is 2. The van der Waals surface area contributed by atoms with Crippen molar-refractivity contribution in [1.29, 1.82) is 0 Å². The summed E-state index contributed by atoms with van der Waals surface area (Å²) in [7, 11) is 0. The second-order valence-corrected chi connectivity index (χ2v) is 7.98. The van der Waals surface area contributed by atoms with E-state index in [0.717, 1.165) is 6.07 Å². The van der Waals surface area contributed by atoms with Crippen molar-refractivity contribution in [2.75, 3.05) is 36.5 Å². The first-order valence-electron chi connectivity index (χ1n) is 9.50. The highest BCUT2D eigenvalue weighted by atomic mass is 79.9. The van der Waals surface area contributed by atoms with Crippen molar-refractivity contribution in [2.45, 2.75) is 19.0 Å². The molecule has 3 heterocycles. The molecule has 4 rings (SSSR count). The van der Waals surface area contributed by atoms with E-state index in [0.29, 0.717) is 54.3 Å². The molecule has 1 aromatic carbocycles. The number of hydrogen-bond donors (Lipinski definition) is 1. The number of piperidine rings is 1. The Kier molecular flexibility index (Phi) is 5.77. The fourth-order valence-electron chi connectivity index (χ4n) is 3.65. The summed E-state index contributed by atoms with van der Waals surface area (Å²) < 4.78 is 51.8. The van der Waals surface area contributed by atoms with Crippen LogP contribution < -0.4 is 19.7 Å². The van der Waals surface area contributed by atoms with E-state index in [1.165, 1.54) is 17.2 Å². The molecule has 0 bridgehead atoms. The van der Waals surface area contributed by atoms with Crippen molar-refractivity contribution < 1.29 is 27.4 Å². The zero-order chi connectivity index (χ0) is 21.3. The molecular weight excluding hydrogens is 467 g/mol. The molecule has 0 aliphatic carbocycles. The molecule has 0 spiro atoms. The summed E-state index contributed by atoms with van der Waals surface area (Å²) >= 11 is 3.41. The molecule has 2 aromatic rings. The molecule has 30 heavy (non-hydrogen) atoms. The lowest BCUT2D eigenvalue weighted by molar-refractivity contribution is -0.137. The molecule has 0 radical (unpaired) electrons. The first kappa shape index (κ1) is 20.8. The van der Waals surface area contributed by atoms with Crippen molar-refractivity contribution in [1.82, 2.24) is 4.98 Å². The lowest BCUT2D eigenvalue weighted by Gasteiger charge is -2.34. The molecule has 6 nitrogen and oxygen atoms in total. The van der Waals surface area contributed by atoms with Crippen LogP contribution in [-0.2, 0) is 11.0 Å². The monoisotopic (exact) mass is 485 g/mol. The Morgan fingerprint density at radius 3 is 2.70 bits per heavy atom. The summed E-state index contributed by atoms with van der Waals surface area (Å²) in [6.07, 6.45) is -2.00. The molecule has 1 atom stereocenters. The third-order valence-electron chi connectivity index (χ3n) is 5.07. The van der Waals surface area contributed by atoms with Gasteiger partial charge >= 0.3 is 6.18 Å². The van der Waals surface area contributed by atoms with Crippen LogP contribution in [0.2, 0.25) is 0 Å². The van der Waals surface area contributed by atoms with Crippen molar-refractivity contribution >= 4 is 33.3 Å². The maximum Gasteiger partial charge on any atom is 0.419 e. The fourth-order valence-corrected chi connectivity index (χ4v) is 4.07. The number of rotatable bonds is 3. The minimum absolute atomic E-state index is 0.136. The Hall–Kier alpha value is -2.49. The number of anilines is 2. The van der Waals surface area contributed by atoms with Gasteiger partial charge in [-0.05, 0) is 40.9 Å². The standard InChI is InChI=1S/C20H19BrF3N3O3/c21-14-9-16-17(30-8-7-29-16)10-15(14)26-19(28)12-3-2-6-27(11-12)18-13(20(22,23)24)4-1-5-25-18/h1,4-5,9-10,12H,2-3,6-8,11H2,(H,26,28). The second-order valence-electron chi connectivity index (χ2n) is 7.12. The van der Waals surface area contributed by atoms with E-state index in [-0.39, 0.29) is 18.3 Å². The van der Waals surface area contributed by atoms with Gasteiger partial charge in [0.25, 0.3) is 0 Å². The van der Waals surface area contributed by atoms with E-state index in [4.69, 9.17) is 9.47 Å². The summed E-state index contributed by atoms with van der Waals surface area (Å²) in [5.74, 6) is 0.254. The highest BCUT2D eigenvalue weighted by Crippen LogP contribution is 2.39. The number of halogens is 4. The number of benzene rings is 1. The minimum Gasteiger partial charge on any atom is -0.486 e. The van der Waals surface area contributed by atoms with Crippen molar-refractivity contribution in [2.24, 2.45) is 5.92 Å². The number of nitrogens with one attached hydrogen (secondary N) is 1. The highest BCUT2D eigenvalue weighted by molar-refractivity contribution is 9.10. The zero-order valence-corrected chi connectivity index (χ0v) is 17.4. The third kappa shape index (κ3) is 4.33. The number of carbonyl (C=O) groups excluding carboxylic acids is 1. The maximum atomic E-state index is 13.4. The molecule has 0 saturated carbocycles.